The lowest BCUT2D eigenvalue weighted by molar-refractivity contribution is -0.140. The van der Waals surface area contributed by atoms with Crippen LogP contribution in [0.4, 0.5) is 10.5 Å². The molecule has 2 aromatic carbocycles. The van der Waals surface area contributed by atoms with Gasteiger partial charge in [0, 0.05) is 31.2 Å². The molecule has 32 heavy (non-hydrogen) atoms. The number of carbonyl (C=O) groups is 2. The third kappa shape index (κ3) is 4.35. The molecule has 0 radical (unpaired) electrons. The van der Waals surface area contributed by atoms with Crippen molar-refractivity contribution >= 4 is 39.2 Å². The Morgan fingerprint density at radius 3 is 2.44 bits per heavy atom. The number of piperidine rings is 2. The fraction of sp³-hybridized carbons (Fsp3) is 0.400. The number of aromatic nitrogens is 1. The van der Waals surface area contributed by atoms with Crippen molar-refractivity contribution in [2.24, 2.45) is 5.92 Å². The first-order chi connectivity index (χ1) is 15.7. The molecule has 0 aliphatic carbocycles. The molecule has 1 N–H and O–H groups in total. The number of carbonyl (C=O) groups excluding carboxylic acids is 2. The minimum Gasteiger partial charge on any atom is -0.333 e. The molecule has 1 aromatic heterocycles. The van der Waals surface area contributed by atoms with Crippen LogP contribution in [0.3, 0.4) is 0 Å². The Labute approximate surface area is 192 Å². The van der Waals surface area contributed by atoms with E-state index in [2.05, 4.69) is 16.3 Å². The number of hydrogen-bond acceptors (Lipinski definition) is 4. The van der Waals surface area contributed by atoms with Gasteiger partial charge < -0.3 is 15.1 Å². The average Bonchev–Trinajstić information content (AvgIpc) is 3.28. The topological polar surface area (TPSA) is 65.5 Å². The zero-order chi connectivity index (χ0) is 21.9. The van der Waals surface area contributed by atoms with Crippen molar-refractivity contribution in [3.05, 3.63) is 59.6 Å². The number of nitrogens with zero attached hydrogens (tertiary/aromatic N) is 3. The molecule has 2 aliphatic heterocycles. The van der Waals surface area contributed by atoms with Crippen LogP contribution in [0.15, 0.2) is 54.6 Å². The Morgan fingerprint density at radius 2 is 1.66 bits per heavy atom. The van der Waals surface area contributed by atoms with Crippen molar-refractivity contribution in [2.75, 3.05) is 25.0 Å². The lowest BCUT2D eigenvalue weighted by Gasteiger charge is -2.39. The van der Waals surface area contributed by atoms with Crippen LogP contribution in [0.5, 0.6) is 0 Å². The van der Waals surface area contributed by atoms with Crippen LogP contribution in [0.25, 0.3) is 10.2 Å². The van der Waals surface area contributed by atoms with Crippen molar-refractivity contribution in [1.82, 2.24) is 14.8 Å². The molecule has 1 unspecified atom stereocenters. The van der Waals surface area contributed by atoms with E-state index in [0.717, 1.165) is 42.0 Å². The van der Waals surface area contributed by atoms with E-state index in [-0.39, 0.29) is 23.9 Å². The quantitative estimate of drug-likeness (QED) is 0.592. The summed E-state index contributed by atoms with van der Waals surface area (Å²) in [7, 11) is 0. The maximum atomic E-state index is 13.5. The molecule has 2 fully saturated rings. The second-order valence-electron chi connectivity index (χ2n) is 8.62. The standard InChI is InChI=1S/C25H28N4O2S/c30-24(18-13-16-28(17-14-18)25(31)26-19-8-2-1-3-9-19)29-15-7-6-11-21(29)23-27-20-10-4-5-12-22(20)32-23/h1-5,8-10,12,18,21H,6-7,11,13-17H2,(H,26,31). The minimum atomic E-state index is -0.0903. The number of anilines is 1. The van der Waals surface area contributed by atoms with E-state index in [1.54, 1.807) is 11.3 Å². The number of urea groups is 1. The van der Waals surface area contributed by atoms with E-state index in [4.69, 9.17) is 4.98 Å². The predicted molar refractivity (Wildman–Crippen MR) is 128 cm³/mol. The normalized spacial score (nSPS) is 19.8. The molecule has 0 spiro atoms. The second kappa shape index (κ2) is 9.28. The molecular weight excluding hydrogens is 420 g/mol. The summed E-state index contributed by atoms with van der Waals surface area (Å²) in [5, 5.41) is 4.00. The summed E-state index contributed by atoms with van der Waals surface area (Å²) < 4.78 is 1.18. The fourth-order valence-electron chi connectivity index (χ4n) is 4.77. The number of fused-ring (bicyclic) bond motifs is 1. The Kier molecular flexibility index (Phi) is 6.08. The second-order valence-corrected chi connectivity index (χ2v) is 9.68. The number of benzene rings is 2. The van der Waals surface area contributed by atoms with Crippen LogP contribution in [-0.4, -0.2) is 46.4 Å². The van der Waals surface area contributed by atoms with Crippen molar-refractivity contribution in [1.29, 1.82) is 0 Å². The summed E-state index contributed by atoms with van der Waals surface area (Å²) in [6.45, 7) is 2.01. The van der Waals surface area contributed by atoms with Gasteiger partial charge in [-0.2, -0.15) is 0 Å². The monoisotopic (exact) mass is 448 g/mol. The highest BCUT2D eigenvalue weighted by atomic mass is 32.1. The summed E-state index contributed by atoms with van der Waals surface area (Å²) in [6.07, 6.45) is 4.58. The van der Waals surface area contributed by atoms with Crippen LogP contribution in [0, 0.1) is 5.92 Å². The average molecular weight is 449 g/mol. The highest BCUT2D eigenvalue weighted by Crippen LogP contribution is 2.37. The Hall–Kier alpha value is -2.93. The number of likely N-dealkylation sites (tertiary alicyclic amines) is 2. The summed E-state index contributed by atoms with van der Waals surface area (Å²) in [5.74, 6) is 0.211. The van der Waals surface area contributed by atoms with Gasteiger partial charge in [0.15, 0.2) is 0 Å². The molecule has 7 heteroatoms. The molecule has 3 amide bonds. The number of amides is 3. The first-order valence-corrected chi connectivity index (χ1v) is 12.3. The molecule has 0 saturated carbocycles. The zero-order valence-electron chi connectivity index (χ0n) is 18.1. The van der Waals surface area contributed by atoms with Crippen LogP contribution in [-0.2, 0) is 4.79 Å². The third-order valence-electron chi connectivity index (χ3n) is 6.54. The van der Waals surface area contributed by atoms with Gasteiger partial charge in [-0.15, -0.1) is 11.3 Å². The number of para-hydroxylation sites is 2. The lowest BCUT2D eigenvalue weighted by atomic mass is 9.92. The maximum Gasteiger partial charge on any atom is 0.321 e. The molecule has 2 saturated heterocycles. The molecule has 166 valence electrons. The molecule has 6 nitrogen and oxygen atoms in total. The molecule has 0 bridgehead atoms. The van der Waals surface area contributed by atoms with E-state index < -0.39 is 0 Å². The molecule has 2 aliphatic rings. The summed E-state index contributed by atoms with van der Waals surface area (Å²) in [6, 6.07) is 17.7. The van der Waals surface area contributed by atoms with E-state index in [1.165, 1.54) is 4.70 Å². The molecule has 5 rings (SSSR count). The number of thiazole rings is 1. The summed E-state index contributed by atoms with van der Waals surface area (Å²) >= 11 is 1.71. The van der Waals surface area contributed by atoms with E-state index in [1.807, 2.05) is 53.4 Å². The molecule has 1 atom stereocenters. The molecule has 3 aromatic rings. The van der Waals surface area contributed by atoms with E-state index >= 15 is 0 Å². The Balaban J connectivity index is 1.23. The third-order valence-corrected chi connectivity index (χ3v) is 7.68. The molecule has 3 heterocycles. The van der Waals surface area contributed by atoms with Gasteiger partial charge >= 0.3 is 6.03 Å². The van der Waals surface area contributed by atoms with Gasteiger partial charge in [-0.05, 0) is 56.4 Å². The Morgan fingerprint density at radius 1 is 0.906 bits per heavy atom. The number of nitrogens with one attached hydrogen (secondary N) is 1. The first-order valence-electron chi connectivity index (χ1n) is 11.5. The Bertz CT molecular complexity index is 1060. The van der Waals surface area contributed by atoms with Gasteiger partial charge in [0.2, 0.25) is 5.91 Å². The van der Waals surface area contributed by atoms with Crippen LogP contribution in [0.2, 0.25) is 0 Å². The van der Waals surface area contributed by atoms with Crippen molar-refractivity contribution in [3.8, 4) is 0 Å². The molecular formula is C25H28N4O2S. The SMILES string of the molecule is O=C(Nc1ccccc1)N1CCC(C(=O)N2CCCCC2c2nc3ccccc3s2)CC1. The van der Waals surface area contributed by atoms with E-state index in [9.17, 15) is 9.59 Å². The highest BCUT2D eigenvalue weighted by molar-refractivity contribution is 7.18. The number of hydrogen-bond donors (Lipinski definition) is 1. The van der Waals surface area contributed by atoms with Crippen molar-refractivity contribution in [3.63, 3.8) is 0 Å². The maximum absolute atomic E-state index is 13.5. The van der Waals surface area contributed by atoms with Gasteiger partial charge in [0.1, 0.15) is 5.01 Å². The minimum absolute atomic E-state index is 0.0225. The summed E-state index contributed by atoms with van der Waals surface area (Å²) in [5.41, 5.74) is 1.81. The van der Waals surface area contributed by atoms with Gasteiger partial charge in [0.25, 0.3) is 0 Å². The first kappa shape index (κ1) is 20.9. The number of rotatable bonds is 3. The zero-order valence-corrected chi connectivity index (χ0v) is 18.9. The fourth-order valence-corrected chi connectivity index (χ4v) is 5.89. The van der Waals surface area contributed by atoms with Crippen molar-refractivity contribution in [2.45, 2.75) is 38.1 Å². The van der Waals surface area contributed by atoms with Crippen LogP contribution < -0.4 is 5.32 Å². The smallest absolute Gasteiger partial charge is 0.321 e. The van der Waals surface area contributed by atoms with Crippen molar-refractivity contribution < 1.29 is 9.59 Å². The van der Waals surface area contributed by atoms with E-state index in [0.29, 0.717) is 25.9 Å². The summed E-state index contributed by atoms with van der Waals surface area (Å²) in [4.78, 5) is 34.8. The van der Waals surface area contributed by atoms with Gasteiger partial charge in [-0.3, -0.25) is 4.79 Å². The van der Waals surface area contributed by atoms with Crippen LogP contribution >= 0.6 is 11.3 Å². The van der Waals surface area contributed by atoms with Gasteiger partial charge in [-0.1, -0.05) is 30.3 Å². The highest BCUT2D eigenvalue weighted by Gasteiger charge is 2.36. The largest absolute Gasteiger partial charge is 0.333 e. The van der Waals surface area contributed by atoms with Gasteiger partial charge in [-0.25, -0.2) is 9.78 Å². The lowest BCUT2D eigenvalue weighted by Crippen LogP contribution is -2.47. The van der Waals surface area contributed by atoms with Crippen LogP contribution in [0.1, 0.15) is 43.2 Å². The van der Waals surface area contributed by atoms with Gasteiger partial charge in [0.05, 0.1) is 16.3 Å². The predicted octanol–water partition coefficient (Wildman–Crippen LogP) is 5.29.